The molecule has 2 heterocycles. The Balaban J connectivity index is 2.17. The number of aromatic nitrogens is 2. The standard InChI is InChI=1S/C11H9Cl3N4O/c1-5-7(6(2)19-18-5)4-15-17-11-9(13)3-8(12)10(14)16-11/h3-4H,1-2H3,(H,16,17)/b15-4+. The predicted molar refractivity (Wildman–Crippen MR) is 76.5 cm³/mol. The van der Waals surface area contributed by atoms with Crippen molar-refractivity contribution in [3.8, 4) is 0 Å². The van der Waals surface area contributed by atoms with Crippen LogP contribution >= 0.6 is 34.8 Å². The van der Waals surface area contributed by atoms with Crippen molar-refractivity contribution in [2.45, 2.75) is 13.8 Å². The number of rotatable bonds is 3. The van der Waals surface area contributed by atoms with Gasteiger partial charge in [0.15, 0.2) is 5.82 Å². The van der Waals surface area contributed by atoms with E-state index in [1.54, 1.807) is 13.1 Å². The molecule has 0 saturated heterocycles. The van der Waals surface area contributed by atoms with Gasteiger partial charge in [0.25, 0.3) is 0 Å². The van der Waals surface area contributed by atoms with Gasteiger partial charge in [-0.1, -0.05) is 40.0 Å². The highest BCUT2D eigenvalue weighted by Gasteiger charge is 2.08. The normalized spacial score (nSPS) is 11.2. The van der Waals surface area contributed by atoms with E-state index in [9.17, 15) is 0 Å². The van der Waals surface area contributed by atoms with E-state index in [4.69, 9.17) is 39.3 Å². The first kappa shape index (κ1) is 14.1. The molecule has 0 aliphatic carbocycles. The molecule has 2 rings (SSSR count). The second-order valence-corrected chi connectivity index (χ2v) is 4.87. The van der Waals surface area contributed by atoms with Gasteiger partial charge in [0.1, 0.15) is 10.9 Å². The van der Waals surface area contributed by atoms with Crippen molar-refractivity contribution in [3.05, 3.63) is 38.3 Å². The molecule has 0 aliphatic rings. The fraction of sp³-hybridized carbons (Fsp3) is 0.182. The van der Waals surface area contributed by atoms with Gasteiger partial charge in [0, 0.05) is 0 Å². The molecule has 0 spiro atoms. The zero-order chi connectivity index (χ0) is 14.0. The van der Waals surface area contributed by atoms with Crippen molar-refractivity contribution in [3.63, 3.8) is 0 Å². The first-order chi connectivity index (χ1) is 8.99. The van der Waals surface area contributed by atoms with E-state index in [2.05, 4.69) is 20.7 Å². The summed E-state index contributed by atoms with van der Waals surface area (Å²) in [6.45, 7) is 3.62. The quantitative estimate of drug-likeness (QED) is 0.526. The van der Waals surface area contributed by atoms with E-state index in [0.29, 0.717) is 16.6 Å². The summed E-state index contributed by atoms with van der Waals surface area (Å²) in [6, 6.07) is 1.49. The van der Waals surface area contributed by atoms with Gasteiger partial charge in [-0.2, -0.15) is 5.10 Å². The topological polar surface area (TPSA) is 63.3 Å². The number of nitrogens with one attached hydrogen (secondary N) is 1. The molecule has 0 saturated carbocycles. The number of hydrogen-bond donors (Lipinski definition) is 1. The number of nitrogens with zero attached hydrogens (tertiary/aromatic N) is 3. The van der Waals surface area contributed by atoms with Crippen molar-refractivity contribution in [1.82, 2.24) is 10.1 Å². The maximum absolute atomic E-state index is 5.95. The summed E-state index contributed by atoms with van der Waals surface area (Å²) in [4.78, 5) is 3.97. The van der Waals surface area contributed by atoms with Crippen molar-refractivity contribution < 1.29 is 4.52 Å². The summed E-state index contributed by atoms with van der Waals surface area (Å²) in [6.07, 6.45) is 1.57. The van der Waals surface area contributed by atoms with Crippen LogP contribution in [0.1, 0.15) is 17.0 Å². The Morgan fingerprint density at radius 1 is 1.26 bits per heavy atom. The lowest BCUT2D eigenvalue weighted by molar-refractivity contribution is 0.393. The van der Waals surface area contributed by atoms with Crippen LogP contribution in [0.3, 0.4) is 0 Å². The summed E-state index contributed by atoms with van der Waals surface area (Å²) in [5.41, 5.74) is 4.23. The van der Waals surface area contributed by atoms with E-state index in [1.165, 1.54) is 6.07 Å². The molecule has 0 atom stereocenters. The van der Waals surface area contributed by atoms with E-state index in [0.717, 1.165) is 11.3 Å². The molecule has 0 unspecified atom stereocenters. The fourth-order valence-electron chi connectivity index (χ4n) is 1.35. The third-order valence-corrected chi connectivity index (χ3v) is 3.30. The number of halogens is 3. The Labute approximate surface area is 124 Å². The molecule has 0 bridgehead atoms. The maximum atomic E-state index is 5.95. The molecule has 5 nitrogen and oxygen atoms in total. The second kappa shape index (κ2) is 5.77. The van der Waals surface area contributed by atoms with Crippen LogP contribution in [0, 0.1) is 13.8 Å². The Hall–Kier alpha value is -1.30. The molecule has 0 amide bonds. The SMILES string of the molecule is Cc1noc(C)c1/C=N/Nc1nc(Cl)c(Cl)cc1Cl. The van der Waals surface area contributed by atoms with Gasteiger partial charge in [-0.05, 0) is 19.9 Å². The largest absolute Gasteiger partial charge is 0.361 e. The third-order valence-electron chi connectivity index (χ3n) is 2.34. The van der Waals surface area contributed by atoms with Crippen LogP contribution in [0.5, 0.6) is 0 Å². The van der Waals surface area contributed by atoms with Crippen LogP contribution in [0.15, 0.2) is 15.7 Å². The highest BCUT2D eigenvalue weighted by atomic mass is 35.5. The average Bonchev–Trinajstić information content (AvgIpc) is 2.67. The first-order valence-electron chi connectivity index (χ1n) is 5.22. The number of hydrogen-bond acceptors (Lipinski definition) is 5. The second-order valence-electron chi connectivity index (χ2n) is 3.70. The van der Waals surface area contributed by atoms with Crippen molar-refractivity contribution in [1.29, 1.82) is 0 Å². The monoisotopic (exact) mass is 318 g/mol. The molecule has 0 aromatic carbocycles. The van der Waals surface area contributed by atoms with Gasteiger partial charge in [-0.25, -0.2) is 4.98 Å². The van der Waals surface area contributed by atoms with Gasteiger partial charge < -0.3 is 4.52 Å². The van der Waals surface area contributed by atoms with E-state index in [1.807, 2.05) is 6.92 Å². The Kier molecular flexibility index (Phi) is 4.29. The molecule has 1 N–H and O–H groups in total. The Bertz CT molecular complexity index is 620. The van der Waals surface area contributed by atoms with E-state index in [-0.39, 0.29) is 10.2 Å². The molecule has 19 heavy (non-hydrogen) atoms. The van der Waals surface area contributed by atoms with Crippen LogP contribution < -0.4 is 5.43 Å². The Morgan fingerprint density at radius 2 is 2.00 bits per heavy atom. The van der Waals surface area contributed by atoms with Crippen molar-refractivity contribution >= 4 is 46.8 Å². The zero-order valence-electron chi connectivity index (χ0n) is 10.0. The minimum absolute atomic E-state index is 0.154. The number of hydrazone groups is 1. The number of pyridine rings is 1. The van der Waals surface area contributed by atoms with Crippen LogP contribution in [-0.2, 0) is 0 Å². The molecule has 2 aromatic rings. The minimum Gasteiger partial charge on any atom is -0.361 e. The highest BCUT2D eigenvalue weighted by molar-refractivity contribution is 6.42. The van der Waals surface area contributed by atoms with Crippen molar-refractivity contribution in [2.75, 3.05) is 5.43 Å². The first-order valence-corrected chi connectivity index (χ1v) is 6.36. The van der Waals surface area contributed by atoms with Crippen LogP contribution in [0.2, 0.25) is 15.2 Å². The smallest absolute Gasteiger partial charge is 0.166 e. The summed E-state index contributed by atoms with van der Waals surface area (Å²) >= 11 is 17.5. The van der Waals surface area contributed by atoms with E-state index >= 15 is 0 Å². The number of anilines is 1. The Morgan fingerprint density at radius 3 is 2.63 bits per heavy atom. The van der Waals surface area contributed by atoms with Gasteiger partial charge >= 0.3 is 0 Å². The van der Waals surface area contributed by atoms with Crippen molar-refractivity contribution in [2.24, 2.45) is 5.10 Å². The minimum atomic E-state index is 0.154. The molecule has 8 heteroatoms. The summed E-state index contributed by atoms with van der Waals surface area (Å²) in [7, 11) is 0. The predicted octanol–water partition coefficient (Wildman–Crippen LogP) is 4.09. The van der Waals surface area contributed by atoms with Gasteiger partial charge in [0.2, 0.25) is 0 Å². The van der Waals surface area contributed by atoms with Gasteiger partial charge in [-0.15, -0.1) is 0 Å². The average molecular weight is 320 g/mol. The van der Waals surface area contributed by atoms with Crippen LogP contribution in [-0.4, -0.2) is 16.4 Å². The van der Waals surface area contributed by atoms with E-state index < -0.39 is 0 Å². The lowest BCUT2D eigenvalue weighted by Crippen LogP contribution is -1.96. The highest BCUT2D eigenvalue weighted by Crippen LogP contribution is 2.28. The molecule has 0 aliphatic heterocycles. The molecule has 0 radical (unpaired) electrons. The fourth-order valence-corrected chi connectivity index (χ4v) is 1.89. The maximum Gasteiger partial charge on any atom is 0.166 e. The third kappa shape index (κ3) is 3.18. The molecular formula is C11H9Cl3N4O. The lowest BCUT2D eigenvalue weighted by Gasteiger charge is -2.03. The molecule has 100 valence electrons. The lowest BCUT2D eigenvalue weighted by atomic mass is 10.2. The molecule has 0 fully saturated rings. The van der Waals surface area contributed by atoms with Crippen LogP contribution in [0.4, 0.5) is 5.82 Å². The van der Waals surface area contributed by atoms with Crippen LogP contribution in [0.25, 0.3) is 0 Å². The van der Waals surface area contributed by atoms with Gasteiger partial charge in [-0.3, -0.25) is 5.43 Å². The summed E-state index contributed by atoms with van der Waals surface area (Å²) in [5, 5.41) is 8.59. The summed E-state index contributed by atoms with van der Waals surface area (Å²) < 4.78 is 5.01. The summed E-state index contributed by atoms with van der Waals surface area (Å²) in [5.74, 6) is 0.996. The zero-order valence-corrected chi connectivity index (χ0v) is 12.3. The molecular weight excluding hydrogens is 311 g/mol. The molecule has 2 aromatic heterocycles. The van der Waals surface area contributed by atoms with Gasteiger partial charge in [0.05, 0.1) is 27.5 Å². The number of aryl methyl sites for hydroxylation is 2.